The zero-order valence-corrected chi connectivity index (χ0v) is 13.0. The number of hydrogen-bond acceptors (Lipinski definition) is 2. The van der Waals surface area contributed by atoms with E-state index < -0.39 is 10.0 Å². The zero-order chi connectivity index (χ0) is 14.2. The van der Waals surface area contributed by atoms with Crippen LogP contribution in [0.3, 0.4) is 0 Å². The molecule has 0 radical (unpaired) electrons. The Morgan fingerprint density at radius 2 is 1.68 bits per heavy atom. The number of piperidine rings is 1. The van der Waals surface area contributed by atoms with Crippen LogP contribution in [0.2, 0.25) is 0 Å². The number of sulfonamides is 1. The van der Waals surface area contributed by atoms with Gasteiger partial charge in [-0.1, -0.05) is 31.5 Å². The molecule has 0 aromatic heterocycles. The molecule has 0 N–H and O–H groups in total. The van der Waals surface area contributed by atoms with E-state index in [1.54, 1.807) is 10.4 Å². The van der Waals surface area contributed by atoms with Crippen molar-refractivity contribution in [1.82, 2.24) is 4.31 Å². The summed E-state index contributed by atoms with van der Waals surface area (Å²) in [7, 11) is -3.34. The summed E-state index contributed by atoms with van der Waals surface area (Å²) in [6, 6.07) is 5.55. The third-order valence-electron chi connectivity index (χ3n) is 3.78. The number of aryl methyl sites for hydroxylation is 2. The van der Waals surface area contributed by atoms with Crippen molar-refractivity contribution >= 4 is 10.0 Å². The Bertz CT molecular complexity index is 556. The van der Waals surface area contributed by atoms with Gasteiger partial charge in [0.25, 0.3) is 0 Å². The Kier molecular flexibility index (Phi) is 4.02. The molecule has 1 fully saturated rings. The Morgan fingerprint density at radius 3 is 2.21 bits per heavy atom. The van der Waals surface area contributed by atoms with Gasteiger partial charge in [0.2, 0.25) is 10.0 Å². The maximum absolute atomic E-state index is 12.7. The standard InChI is InChI=1S/C15H23NO2S/c1-11-5-6-15(14(4)8-11)19(17,18)16-9-12(2)7-13(3)10-16/h5-6,8,12-13H,7,9-10H2,1-4H3/t12-,13-/m0/s1. The van der Waals surface area contributed by atoms with Crippen molar-refractivity contribution in [2.24, 2.45) is 11.8 Å². The van der Waals surface area contributed by atoms with Crippen molar-refractivity contribution in [3.8, 4) is 0 Å². The molecule has 1 aromatic rings. The zero-order valence-electron chi connectivity index (χ0n) is 12.2. The normalized spacial score (nSPS) is 25.5. The van der Waals surface area contributed by atoms with Crippen molar-refractivity contribution in [2.75, 3.05) is 13.1 Å². The quantitative estimate of drug-likeness (QED) is 0.835. The number of rotatable bonds is 2. The molecule has 0 amide bonds. The summed E-state index contributed by atoms with van der Waals surface area (Å²) in [6.45, 7) is 9.38. The van der Waals surface area contributed by atoms with Gasteiger partial charge in [0.05, 0.1) is 4.90 Å². The molecule has 0 bridgehead atoms. The molecule has 0 aliphatic carbocycles. The van der Waals surface area contributed by atoms with Gasteiger partial charge >= 0.3 is 0 Å². The van der Waals surface area contributed by atoms with Gasteiger partial charge < -0.3 is 0 Å². The molecule has 1 aliphatic heterocycles. The first-order valence-corrected chi connectivity index (χ1v) is 8.32. The van der Waals surface area contributed by atoms with Crippen LogP contribution in [0.1, 0.15) is 31.4 Å². The Hall–Kier alpha value is -0.870. The summed E-state index contributed by atoms with van der Waals surface area (Å²) in [5.41, 5.74) is 1.93. The van der Waals surface area contributed by atoms with Crippen LogP contribution in [0.25, 0.3) is 0 Å². The molecule has 1 heterocycles. The Balaban J connectivity index is 2.36. The highest BCUT2D eigenvalue weighted by Crippen LogP contribution is 2.28. The molecule has 19 heavy (non-hydrogen) atoms. The van der Waals surface area contributed by atoms with Gasteiger partial charge in [-0.05, 0) is 43.7 Å². The summed E-state index contributed by atoms with van der Waals surface area (Å²) < 4.78 is 27.1. The van der Waals surface area contributed by atoms with Gasteiger partial charge in [-0.3, -0.25) is 0 Å². The lowest BCUT2D eigenvalue weighted by Crippen LogP contribution is -2.42. The Morgan fingerprint density at radius 1 is 1.11 bits per heavy atom. The minimum atomic E-state index is -3.34. The molecule has 106 valence electrons. The molecule has 0 spiro atoms. The van der Waals surface area contributed by atoms with Crippen LogP contribution in [0.4, 0.5) is 0 Å². The average molecular weight is 281 g/mol. The first kappa shape index (κ1) is 14.5. The summed E-state index contributed by atoms with van der Waals surface area (Å²) >= 11 is 0. The van der Waals surface area contributed by atoms with E-state index in [0.29, 0.717) is 29.8 Å². The highest BCUT2D eigenvalue weighted by molar-refractivity contribution is 7.89. The lowest BCUT2D eigenvalue weighted by Gasteiger charge is -2.34. The topological polar surface area (TPSA) is 37.4 Å². The SMILES string of the molecule is Cc1ccc(S(=O)(=O)N2C[C@@H](C)C[C@H](C)C2)c(C)c1. The molecular weight excluding hydrogens is 258 g/mol. The Labute approximate surface area is 116 Å². The largest absolute Gasteiger partial charge is 0.243 e. The van der Waals surface area contributed by atoms with Crippen LogP contribution < -0.4 is 0 Å². The monoisotopic (exact) mass is 281 g/mol. The van der Waals surface area contributed by atoms with Gasteiger partial charge in [0, 0.05) is 13.1 Å². The van der Waals surface area contributed by atoms with Gasteiger partial charge in [0.15, 0.2) is 0 Å². The van der Waals surface area contributed by atoms with E-state index in [0.717, 1.165) is 17.5 Å². The van der Waals surface area contributed by atoms with Crippen molar-refractivity contribution in [3.63, 3.8) is 0 Å². The molecule has 2 rings (SSSR count). The van der Waals surface area contributed by atoms with E-state index in [-0.39, 0.29) is 0 Å². The van der Waals surface area contributed by atoms with Crippen molar-refractivity contribution in [2.45, 2.75) is 39.0 Å². The van der Waals surface area contributed by atoms with Crippen LogP contribution >= 0.6 is 0 Å². The molecule has 0 unspecified atom stereocenters. The van der Waals surface area contributed by atoms with Crippen molar-refractivity contribution < 1.29 is 8.42 Å². The van der Waals surface area contributed by atoms with E-state index in [9.17, 15) is 8.42 Å². The van der Waals surface area contributed by atoms with Crippen LogP contribution in [0.15, 0.2) is 23.1 Å². The fraction of sp³-hybridized carbons (Fsp3) is 0.600. The summed E-state index contributed by atoms with van der Waals surface area (Å²) in [5.74, 6) is 0.869. The van der Waals surface area contributed by atoms with E-state index >= 15 is 0 Å². The van der Waals surface area contributed by atoms with E-state index in [1.807, 2.05) is 26.0 Å². The molecule has 1 saturated heterocycles. The first-order valence-electron chi connectivity index (χ1n) is 6.88. The van der Waals surface area contributed by atoms with Crippen LogP contribution in [0, 0.1) is 25.7 Å². The summed E-state index contributed by atoms with van der Waals surface area (Å²) in [5, 5.41) is 0. The van der Waals surface area contributed by atoms with Gasteiger partial charge in [-0.15, -0.1) is 0 Å². The first-order chi connectivity index (χ1) is 8.80. The summed E-state index contributed by atoms with van der Waals surface area (Å²) in [6.07, 6.45) is 1.11. The maximum Gasteiger partial charge on any atom is 0.243 e. The van der Waals surface area contributed by atoms with Gasteiger partial charge in [0.1, 0.15) is 0 Å². The second-order valence-electron chi connectivity index (χ2n) is 6.04. The highest BCUT2D eigenvalue weighted by atomic mass is 32.2. The van der Waals surface area contributed by atoms with E-state index in [1.165, 1.54) is 0 Å². The van der Waals surface area contributed by atoms with Crippen LogP contribution in [-0.2, 0) is 10.0 Å². The maximum atomic E-state index is 12.7. The van der Waals surface area contributed by atoms with Crippen molar-refractivity contribution in [1.29, 1.82) is 0 Å². The van der Waals surface area contributed by atoms with Gasteiger partial charge in [-0.25, -0.2) is 8.42 Å². The second kappa shape index (κ2) is 5.25. The third-order valence-corrected chi connectivity index (χ3v) is 5.78. The third kappa shape index (κ3) is 3.00. The predicted octanol–water partition coefficient (Wildman–Crippen LogP) is 2.97. The molecule has 0 saturated carbocycles. The average Bonchev–Trinajstić information content (AvgIpc) is 2.26. The lowest BCUT2D eigenvalue weighted by atomic mass is 9.94. The van der Waals surface area contributed by atoms with E-state index in [2.05, 4.69) is 13.8 Å². The lowest BCUT2D eigenvalue weighted by molar-refractivity contribution is 0.222. The molecule has 1 aromatic carbocycles. The fourth-order valence-corrected chi connectivity index (χ4v) is 4.92. The minimum absolute atomic E-state index is 0.435. The van der Waals surface area contributed by atoms with Crippen molar-refractivity contribution in [3.05, 3.63) is 29.3 Å². The molecule has 3 nitrogen and oxygen atoms in total. The minimum Gasteiger partial charge on any atom is -0.207 e. The van der Waals surface area contributed by atoms with Crippen LogP contribution in [-0.4, -0.2) is 25.8 Å². The van der Waals surface area contributed by atoms with Crippen LogP contribution in [0.5, 0.6) is 0 Å². The van der Waals surface area contributed by atoms with E-state index in [4.69, 9.17) is 0 Å². The second-order valence-corrected chi connectivity index (χ2v) is 7.94. The number of nitrogens with zero attached hydrogens (tertiary/aromatic N) is 1. The number of benzene rings is 1. The molecule has 2 atom stereocenters. The molecule has 1 aliphatic rings. The predicted molar refractivity (Wildman–Crippen MR) is 77.6 cm³/mol. The summed E-state index contributed by atoms with van der Waals surface area (Å²) in [4.78, 5) is 0.458. The fourth-order valence-electron chi connectivity index (χ4n) is 3.03. The highest BCUT2D eigenvalue weighted by Gasteiger charge is 2.32. The smallest absolute Gasteiger partial charge is 0.207 e. The molecule has 4 heteroatoms. The molecular formula is C15H23NO2S. The van der Waals surface area contributed by atoms with Gasteiger partial charge in [-0.2, -0.15) is 4.31 Å². The number of hydrogen-bond donors (Lipinski definition) is 0.